The molecule has 0 saturated carbocycles. The van der Waals surface area contributed by atoms with E-state index in [9.17, 15) is 18.8 Å². The molecule has 0 bridgehead atoms. The van der Waals surface area contributed by atoms with Crippen LogP contribution in [0.3, 0.4) is 0 Å². The molecule has 0 spiro atoms. The minimum Gasteiger partial charge on any atom is -0.483 e. The van der Waals surface area contributed by atoms with Crippen LogP contribution in [0, 0.1) is 5.82 Å². The van der Waals surface area contributed by atoms with Crippen molar-refractivity contribution in [2.24, 2.45) is 0 Å². The first-order chi connectivity index (χ1) is 14.1. The SMILES string of the molecule is CC(C)(C)OC(=O)N1CCC[C@H]1C(=O)NCCN1Cc2cc(F)ccc2OCC1=O. The molecule has 1 saturated heterocycles. The topological polar surface area (TPSA) is 88.2 Å². The van der Waals surface area contributed by atoms with Gasteiger partial charge in [0.1, 0.15) is 23.2 Å². The first kappa shape index (κ1) is 21.9. The first-order valence-corrected chi connectivity index (χ1v) is 10.1. The van der Waals surface area contributed by atoms with E-state index < -0.39 is 23.6 Å². The van der Waals surface area contributed by atoms with Gasteiger partial charge in [-0.1, -0.05) is 0 Å². The number of carbonyl (C=O) groups is 3. The third-order valence-corrected chi connectivity index (χ3v) is 4.95. The number of fused-ring (bicyclic) bond motifs is 1. The summed E-state index contributed by atoms with van der Waals surface area (Å²) in [5.74, 6) is -0.431. The molecule has 164 valence electrons. The van der Waals surface area contributed by atoms with Gasteiger partial charge in [0, 0.05) is 31.7 Å². The van der Waals surface area contributed by atoms with Crippen molar-refractivity contribution >= 4 is 17.9 Å². The monoisotopic (exact) mass is 421 g/mol. The molecule has 0 aromatic heterocycles. The van der Waals surface area contributed by atoms with Crippen LogP contribution in [0.25, 0.3) is 0 Å². The number of hydrogen-bond donors (Lipinski definition) is 1. The van der Waals surface area contributed by atoms with Crippen molar-refractivity contribution < 1.29 is 28.2 Å². The Hall–Kier alpha value is -2.84. The molecule has 0 unspecified atom stereocenters. The van der Waals surface area contributed by atoms with Crippen molar-refractivity contribution in [2.45, 2.75) is 51.8 Å². The van der Waals surface area contributed by atoms with E-state index in [0.717, 1.165) is 6.42 Å². The van der Waals surface area contributed by atoms with Gasteiger partial charge in [0.15, 0.2) is 6.61 Å². The molecule has 8 nitrogen and oxygen atoms in total. The lowest BCUT2D eigenvalue weighted by atomic mass is 10.2. The van der Waals surface area contributed by atoms with E-state index in [2.05, 4.69) is 5.32 Å². The molecule has 1 fully saturated rings. The van der Waals surface area contributed by atoms with E-state index in [1.165, 1.54) is 28.0 Å². The van der Waals surface area contributed by atoms with Gasteiger partial charge < -0.3 is 19.7 Å². The Balaban J connectivity index is 1.54. The summed E-state index contributed by atoms with van der Waals surface area (Å²) in [6.45, 7) is 6.34. The second-order valence-electron chi connectivity index (χ2n) is 8.48. The maximum atomic E-state index is 13.5. The highest BCUT2D eigenvalue weighted by molar-refractivity contribution is 5.86. The Morgan fingerprint density at radius 2 is 2.10 bits per heavy atom. The van der Waals surface area contributed by atoms with Gasteiger partial charge in [-0.25, -0.2) is 9.18 Å². The van der Waals surface area contributed by atoms with Crippen LogP contribution in [0.5, 0.6) is 5.75 Å². The summed E-state index contributed by atoms with van der Waals surface area (Å²) in [5.41, 5.74) is -0.0508. The quantitative estimate of drug-likeness (QED) is 0.804. The number of halogens is 1. The third-order valence-electron chi connectivity index (χ3n) is 4.95. The Morgan fingerprint density at radius 3 is 2.83 bits per heavy atom. The van der Waals surface area contributed by atoms with E-state index >= 15 is 0 Å². The van der Waals surface area contributed by atoms with Crippen LogP contribution in [0.2, 0.25) is 0 Å². The number of benzene rings is 1. The molecular weight excluding hydrogens is 393 g/mol. The Bertz CT molecular complexity index is 823. The van der Waals surface area contributed by atoms with Gasteiger partial charge in [0.25, 0.3) is 5.91 Å². The number of nitrogens with zero attached hydrogens (tertiary/aromatic N) is 2. The number of amides is 3. The van der Waals surface area contributed by atoms with E-state index in [4.69, 9.17) is 9.47 Å². The maximum Gasteiger partial charge on any atom is 0.410 e. The van der Waals surface area contributed by atoms with Crippen molar-refractivity contribution in [1.82, 2.24) is 15.1 Å². The van der Waals surface area contributed by atoms with Crippen LogP contribution in [0.1, 0.15) is 39.2 Å². The number of hydrogen-bond acceptors (Lipinski definition) is 5. The van der Waals surface area contributed by atoms with Crippen molar-refractivity contribution in [1.29, 1.82) is 0 Å². The molecule has 9 heteroatoms. The highest BCUT2D eigenvalue weighted by Crippen LogP contribution is 2.24. The largest absolute Gasteiger partial charge is 0.483 e. The van der Waals surface area contributed by atoms with Crippen molar-refractivity contribution in [3.63, 3.8) is 0 Å². The lowest BCUT2D eigenvalue weighted by Crippen LogP contribution is -2.49. The predicted octanol–water partition coefficient (Wildman–Crippen LogP) is 2.06. The van der Waals surface area contributed by atoms with Crippen LogP contribution in [0.15, 0.2) is 18.2 Å². The molecule has 30 heavy (non-hydrogen) atoms. The van der Waals surface area contributed by atoms with Gasteiger partial charge >= 0.3 is 6.09 Å². The van der Waals surface area contributed by atoms with E-state index in [1.807, 2.05) is 0 Å². The minimum absolute atomic E-state index is 0.137. The van der Waals surface area contributed by atoms with Gasteiger partial charge in [-0.05, 0) is 51.8 Å². The van der Waals surface area contributed by atoms with Crippen LogP contribution >= 0.6 is 0 Å². The molecule has 3 rings (SSSR count). The maximum absolute atomic E-state index is 13.5. The smallest absolute Gasteiger partial charge is 0.410 e. The fourth-order valence-electron chi connectivity index (χ4n) is 3.55. The predicted molar refractivity (Wildman–Crippen MR) is 106 cm³/mol. The third kappa shape index (κ3) is 5.40. The fraction of sp³-hybridized carbons (Fsp3) is 0.571. The van der Waals surface area contributed by atoms with Gasteiger partial charge in [0.05, 0.1) is 0 Å². The highest BCUT2D eigenvalue weighted by Gasteiger charge is 2.36. The molecule has 1 aromatic carbocycles. The van der Waals surface area contributed by atoms with Crippen molar-refractivity contribution in [3.05, 3.63) is 29.6 Å². The van der Waals surface area contributed by atoms with Gasteiger partial charge in [-0.3, -0.25) is 14.5 Å². The lowest BCUT2D eigenvalue weighted by molar-refractivity contribution is -0.133. The van der Waals surface area contributed by atoms with Gasteiger partial charge in [-0.2, -0.15) is 0 Å². The highest BCUT2D eigenvalue weighted by atomic mass is 19.1. The number of likely N-dealkylation sites (tertiary alicyclic amines) is 1. The summed E-state index contributed by atoms with van der Waals surface area (Å²) >= 11 is 0. The molecule has 2 aliphatic heterocycles. The molecule has 1 atom stereocenters. The second kappa shape index (κ2) is 8.89. The standard InChI is InChI=1S/C21H28FN3O5/c1-21(2,3)30-20(28)25-9-4-5-16(25)19(27)23-8-10-24-12-14-11-15(22)6-7-17(14)29-13-18(24)26/h6-7,11,16H,4-5,8-10,12-13H2,1-3H3,(H,23,27)/t16-/m0/s1. The molecular formula is C21H28FN3O5. The van der Waals surface area contributed by atoms with Crippen LogP contribution < -0.4 is 10.1 Å². The number of nitrogens with one attached hydrogen (secondary N) is 1. The normalized spacial score (nSPS) is 19.1. The first-order valence-electron chi connectivity index (χ1n) is 10.1. The Kier molecular flexibility index (Phi) is 6.48. The van der Waals surface area contributed by atoms with E-state index in [0.29, 0.717) is 24.3 Å². The minimum atomic E-state index is -0.633. The molecule has 1 N–H and O–H groups in total. The lowest BCUT2D eigenvalue weighted by Gasteiger charge is -2.28. The average Bonchev–Trinajstić information content (AvgIpc) is 3.09. The van der Waals surface area contributed by atoms with Crippen LogP contribution in [-0.4, -0.2) is 65.6 Å². The average molecular weight is 421 g/mol. The zero-order chi connectivity index (χ0) is 21.9. The summed E-state index contributed by atoms with van der Waals surface area (Å²) in [6.07, 6.45) is 0.786. The fourth-order valence-corrected chi connectivity index (χ4v) is 3.55. The molecule has 2 heterocycles. The van der Waals surface area contributed by atoms with Gasteiger partial charge in [-0.15, -0.1) is 0 Å². The second-order valence-corrected chi connectivity index (χ2v) is 8.48. The summed E-state index contributed by atoms with van der Waals surface area (Å²) in [7, 11) is 0. The van der Waals surface area contributed by atoms with Crippen LogP contribution in [-0.2, 0) is 20.9 Å². The summed E-state index contributed by atoms with van der Waals surface area (Å²) in [4.78, 5) is 40.2. The number of carbonyl (C=O) groups excluding carboxylic acids is 3. The zero-order valence-corrected chi connectivity index (χ0v) is 17.6. The number of rotatable bonds is 4. The summed E-state index contributed by atoms with van der Waals surface area (Å²) in [5, 5.41) is 2.80. The Morgan fingerprint density at radius 1 is 1.33 bits per heavy atom. The molecule has 1 aromatic rings. The summed E-state index contributed by atoms with van der Waals surface area (Å²) in [6, 6.07) is 3.56. The summed E-state index contributed by atoms with van der Waals surface area (Å²) < 4.78 is 24.3. The number of ether oxygens (including phenoxy) is 2. The zero-order valence-electron chi connectivity index (χ0n) is 17.6. The molecule has 0 aliphatic carbocycles. The van der Waals surface area contributed by atoms with E-state index in [1.54, 1.807) is 20.8 Å². The van der Waals surface area contributed by atoms with Crippen molar-refractivity contribution in [2.75, 3.05) is 26.2 Å². The molecule has 3 amide bonds. The molecule has 2 aliphatic rings. The van der Waals surface area contributed by atoms with Crippen LogP contribution in [0.4, 0.5) is 9.18 Å². The van der Waals surface area contributed by atoms with Gasteiger partial charge in [0.2, 0.25) is 5.91 Å². The van der Waals surface area contributed by atoms with Crippen molar-refractivity contribution in [3.8, 4) is 5.75 Å². The van der Waals surface area contributed by atoms with E-state index in [-0.39, 0.29) is 38.1 Å². The Labute approximate surface area is 175 Å². The molecule has 0 radical (unpaired) electrons.